The van der Waals surface area contributed by atoms with E-state index in [0.29, 0.717) is 24.8 Å². The highest BCUT2D eigenvalue weighted by atomic mass is 19.4. The highest BCUT2D eigenvalue weighted by molar-refractivity contribution is 5.77. The molecule has 1 aliphatic rings. The van der Waals surface area contributed by atoms with Gasteiger partial charge >= 0.3 is 12.1 Å². The van der Waals surface area contributed by atoms with Crippen LogP contribution in [0.2, 0.25) is 0 Å². The fourth-order valence-corrected chi connectivity index (χ4v) is 5.61. The summed E-state index contributed by atoms with van der Waals surface area (Å²) in [6, 6.07) is 20.9. The van der Waals surface area contributed by atoms with Crippen LogP contribution in [0.3, 0.4) is 0 Å². The Hall–Kier alpha value is -3.12. The van der Waals surface area contributed by atoms with Gasteiger partial charge in [-0.3, -0.25) is 9.69 Å². The summed E-state index contributed by atoms with van der Waals surface area (Å²) in [7, 11) is 0. The summed E-state index contributed by atoms with van der Waals surface area (Å²) in [4.78, 5) is 13.9. The number of aryl methyl sites for hydroxylation is 1. The Kier molecular flexibility index (Phi) is 8.61. The van der Waals surface area contributed by atoms with E-state index >= 15 is 0 Å². The monoisotopic (exact) mass is 523 g/mol. The van der Waals surface area contributed by atoms with Crippen molar-refractivity contribution in [1.82, 2.24) is 4.90 Å². The van der Waals surface area contributed by atoms with Crippen LogP contribution in [0.1, 0.15) is 73.7 Å². The Morgan fingerprint density at radius 3 is 2.26 bits per heavy atom. The van der Waals surface area contributed by atoms with Crippen molar-refractivity contribution in [2.45, 2.75) is 77.2 Å². The van der Waals surface area contributed by atoms with Crippen LogP contribution in [0.15, 0.2) is 72.8 Å². The number of likely N-dealkylation sites (tertiary alicyclic amines) is 1. The van der Waals surface area contributed by atoms with Gasteiger partial charge in [-0.1, -0.05) is 86.1 Å². The number of nitrogens with zero attached hydrogens (tertiary/aromatic N) is 1. The number of carbonyl (C=O) groups is 1. The van der Waals surface area contributed by atoms with Gasteiger partial charge in [-0.25, -0.2) is 0 Å². The van der Waals surface area contributed by atoms with Gasteiger partial charge in [-0.15, -0.1) is 0 Å². The summed E-state index contributed by atoms with van der Waals surface area (Å²) < 4.78 is 42.9. The maximum absolute atomic E-state index is 14.3. The highest BCUT2D eigenvalue weighted by Gasteiger charge is 2.47. The molecule has 1 N–H and O–H groups in total. The maximum Gasteiger partial charge on any atom is 0.404 e. The Labute approximate surface area is 223 Å². The number of piperidine rings is 1. The largest absolute Gasteiger partial charge is 0.481 e. The minimum Gasteiger partial charge on any atom is -0.481 e. The summed E-state index contributed by atoms with van der Waals surface area (Å²) in [5.41, 5.74) is 5.08. The average molecular weight is 524 g/mol. The van der Waals surface area contributed by atoms with Gasteiger partial charge in [-0.05, 0) is 72.4 Å². The minimum absolute atomic E-state index is 0.0580. The topological polar surface area (TPSA) is 40.5 Å². The predicted molar refractivity (Wildman–Crippen MR) is 145 cm³/mol. The van der Waals surface area contributed by atoms with Gasteiger partial charge in [0.15, 0.2) is 0 Å². The van der Waals surface area contributed by atoms with Gasteiger partial charge < -0.3 is 5.11 Å². The zero-order valence-corrected chi connectivity index (χ0v) is 22.2. The molecule has 1 aliphatic heterocycles. The number of carboxylic acid groups (broad SMARTS) is 1. The van der Waals surface area contributed by atoms with E-state index in [9.17, 15) is 23.1 Å². The predicted octanol–water partition coefficient (Wildman–Crippen LogP) is 8.53. The van der Waals surface area contributed by atoms with Gasteiger partial charge in [-0.2, -0.15) is 13.2 Å². The molecule has 0 amide bonds. The molecule has 38 heavy (non-hydrogen) atoms. The van der Waals surface area contributed by atoms with Crippen LogP contribution in [0.4, 0.5) is 13.2 Å². The first-order chi connectivity index (χ1) is 18.0. The van der Waals surface area contributed by atoms with Crippen molar-refractivity contribution in [3.05, 3.63) is 95.1 Å². The molecule has 3 atom stereocenters. The van der Waals surface area contributed by atoms with E-state index in [1.165, 1.54) is 0 Å². The van der Waals surface area contributed by atoms with Crippen LogP contribution in [0.5, 0.6) is 0 Å². The van der Waals surface area contributed by atoms with Crippen molar-refractivity contribution in [1.29, 1.82) is 0 Å². The molecule has 1 fully saturated rings. The number of aliphatic carboxylic acids is 1. The van der Waals surface area contributed by atoms with E-state index < -0.39 is 30.1 Å². The van der Waals surface area contributed by atoms with Crippen LogP contribution in [-0.2, 0) is 11.3 Å². The summed E-state index contributed by atoms with van der Waals surface area (Å²) in [5.74, 6) is -1.49. The highest BCUT2D eigenvalue weighted by Crippen LogP contribution is 2.43. The molecule has 3 unspecified atom stereocenters. The summed E-state index contributed by atoms with van der Waals surface area (Å²) in [6.07, 6.45) is -2.80. The average Bonchev–Trinajstić information content (AvgIpc) is 2.87. The second-order valence-electron chi connectivity index (χ2n) is 10.9. The number of hydrogen-bond donors (Lipinski definition) is 1. The number of carboxylic acids is 1. The summed E-state index contributed by atoms with van der Waals surface area (Å²) >= 11 is 0. The van der Waals surface area contributed by atoms with E-state index in [2.05, 4.69) is 0 Å². The van der Waals surface area contributed by atoms with Gasteiger partial charge in [0.25, 0.3) is 0 Å². The Morgan fingerprint density at radius 2 is 1.66 bits per heavy atom. The fraction of sp³-hybridized carbons (Fsp3) is 0.406. The minimum atomic E-state index is -4.36. The van der Waals surface area contributed by atoms with E-state index in [4.69, 9.17) is 0 Å². The molecule has 0 spiro atoms. The van der Waals surface area contributed by atoms with E-state index in [1.807, 2.05) is 93.6 Å². The molecule has 0 radical (unpaired) electrons. The molecule has 0 saturated carbocycles. The van der Waals surface area contributed by atoms with Crippen molar-refractivity contribution in [2.24, 2.45) is 5.92 Å². The smallest absolute Gasteiger partial charge is 0.404 e. The lowest BCUT2D eigenvalue weighted by molar-refractivity contribution is -0.201. The van der Waals surface area contributed by atoms with Crippen LogP contribution in [0.25, 0.3) is 11.1 Å². The Balaban J connectivity index is 1.85. The molecule has 6 heteroatoms. The first-order valence-electron chi connectivity index (χ1n) is 13.3. The van der Waals surface area contributed by atoms with Crippen LogP contribution >= 0.6 is 0 Å². The zero-order valence-electron chi connectivity index (χ0n) is 22.2. The normalized spacial score (nSPS) is 19.4. The fourth-order valence-electron chi connectivity index (χ4n) is 5.61. The van der Waals surface area contributed by atoms with Crippen molar-refractivity contribution >= 4 is 5.97 Å². The molecule has 3 aromatic rings. The van der Waals surface area contributed by atoms with Gasteiger partial charge in [0.2, 0.25) is 0 Å². The second-order valence-corrected chi connectivity index (χ2v) is 10.9. The molecule has 1 saturated heterocycles. The summed E-state index contributed by atoms with van der Waals surface area (Å²) in [6.45, 7) is 6.14. The van der Waals surface area contributed by atoms with Crippen molar-refractivity contribution in [3.8, 4) is 11.1 Å². The van der Waals surface area contributed by atoms with E-state index in [1.54, 1.807) is 4.90 Å². The Bertz CT molecular complexity index is 1220. The van der Waals surface area contributed by atoms with Crippen molar-refractivity contribution < 1.29 is 23.1 Å². The molecule has 0 bridgehead atoms. The van der Waals surface area contributed by atoms with Crippen LogP contribution < -0.4 is 0 Å². The van der Waals surface area contributed by atoms with Crippen LogP contribution in [-0.4, -0.2) is 28.2 Å². The first kappa shape index (κ1) is 27.9. The van der Waals surface area contributed by atoms with Crippen LogP contribution in [0, 0.1) is 12.8 Å². The molecule has 3 aromatic carbocycles. The molecule has 0 aromatic heterocycles. The number of rotatable bonds is 8. The van der Waals surface area contributed by atoms with Crippen molar-refractivity contribution in [2.75, 3.05) is 0 Å². The first-order valence-corrected chi connectivity index (χ1v) is 13.3. The number of hydrogen-bond acceptors (Lipinski definition) is 2. The molecular weight excluding hydrogens is 487 g/mol. The van der Waals surface area contributed by atoms with Crippen molar-refractivity contribution in [3.63, 3.8) is 0 Å². The second kappa shape index (κ2) is 11.7. The maximum atomic E-state index is 14.3. The molecule has 3 nitrogen and oxygen atoms in total. The molecule has 0 aliphatic carbocycles. The van der Waals surface area contributed by atoms with Gasteiger partial charge in [0.1, 0.15) is 6.04 Å². The number of alkyl halides is 3. The lowest BCUT2D eigenvalue weighted by Crippen LogP contribution is -2.49. The zero-order chi connectivity index (χ0) is 27.4. The van der Waals surface area contributed by atoms with E-state index in [0.717, 1.165) is 27.8 Å². The molecular formula is C32H36F3NO2. The molecule has 202 valence electrons. The SMILES string of the molecule is Cc1ccc(-c2cc(C(CC(C)C)C(=O)O)cc(C3CCCC(C(F)(F)F)N3Cc3ccccc3)c2)cc1. The number of halogens is 3. The third-order valence-corrected chi connectivity index (χ3v) is 7.50. The summed E-state index contributed by atoms with van der Waals surface area (Å²) in [5, 5.41) is 10.1. The Morgan fingerprint density at radius 1 is 0.974 bits per heavy atom. The third-order valence-electron chi connectivity index (χ3n) is 7.50. The van der Waals surface area contributed by atoms with E-state index in [-0.39, 0.29) is 18.9 Å². The quantitative estimate of drug-likeness (QED) is 0.322. The molecule has 4 rings (SSSR count). The number of benzene rings is 3. The lowest BCUT2D eigenvalue weighted by Gasteiger charge is -2.43. The third kappa shape index (κ3) is 6.65. The van der Waals surface area contributed by atoms with Gasteiger partial charge in [0, 0.05) is 12.6 Å². The molecule has 1 heterocycles. The lowest BCUT2D eigenvalue weighted by atomic mass is 9.83. The van der Waals surface area contributed by atoms with Gasteiger partial charge in [0.05, 0.1) is 5.92 Å². The standard InChI is InChI=1S/C32H36F3NO2/c1-21(2)16-28(31(37)38)26-17-25(24-14-12-22(3)13-15-24)18-27(19-26)29-10-7-11-30(32(33,34)35)36(29)20-23-8-5-4-6-9-23/h4-6,8-9,12-15,17-19,21,28-30H,7,10-11,16,20H2,1-3H3,(H,37,38).